The Morgan fingerprint density at radius 2 is 1.31 bits per heavy atom. The number of nitrogens with zero attached hydrogens (tertiary/aromatic N) is 2. The average Bonchev–Trinajstić information content (AvgIpc) is 2.73. The number of halogens is 5. The summed E-state index contributed by atoms with van der Waals surface area (Å²) in [7, 11) is -4.16. The first-order valence-corrected chi connectivity index (χ1v) is 12.2. The highest BCUT2D eigenvalue weighted by molar-refractivity contribution is 7.92. The van der Waals surface area contributed by atoms with Gasteiger partial charge in [0.2, 0.25) is 0 Å². The van der Waals surface area contributed by atoms with Gasteiger partial charge in [-0.25, -0.2) is 18.4 Å². The van der Waals surface area contributed by atoms with E-state index in [9.17, 15) is 8.42 Å². The summed E-state index contributed by atoms with van der Waals surface area (Å²) >= 11 is 30.4. The van der Waals surface area contributed by atoms with Crippen LogP contribution in [0.15, 0.2) is 59.5 Å². The van der Waals surface area contributed by atoms with E-state index in [1.807, 2.05) is 0 Å². The maximum atomic E-state index is 13.1. The van der Waals surface area contributed by atoms with E-state index in [-0.39, 0.29) is 41.6 Å². The third-order valence-electron chi connectivity index (χ3n) is 4.25. The van der Waals surface area contributed by atoms with Gasteiger partial charge in [0.25, 0.3) is 10.0 Å². The van der Waals surface area contributed by atoms with Crippen molar-refractivity contribution in [2.24, 2.45) is 0 Å². The SMILES string of the molecule is O=S(=O)(Nc1nc2ccccc2nc1Nc1cc(Cl)c(Cl)cc1Cl)c1cc(Cl)ccc1Cl. The van der Waals surface area contributed by atoms with E-state index in [0.29, 0.717) is 16.7 Å². The minimum Gasteiger partial charge on any atom is -0.336 e. The lowest BCUT2D eigenvalue weighted by Crippen LogP contribution is -2.16. The molecule has 6 nitrogen and oxygen atoms in total. The predicted molar refractivity (Wildman–Crippen MR) is 132 cm³/mol. The second-order valence-electron chi connectivity index (χ2n) is 6.46. The smallest absolute Gasteiger partial charge is 0.264 e. The van der Waals surface area contributed by atoms with Crippen molar-refractivity contribution in [2.75, 3.05) is 10.0 Å². The van der Waals surface area contributed by atoms with Gasteiger partial charge in [-0.05, 0) is 42.5 Å². The summed E-state index contributed by atoms with van der Waals surface area (Å²) in [5, 5.41) is 3.94. The van der Waals surface area contributed by atoms with Crippen LogP contribution < -0.4 is 10.0 Å². The van der Waals surface area contributed by atoms with Gasteiger partial charge in [-0.15, -0.1) is 0 Å². The van der Waals surface area contributed by atoms with Crippen LogP contribution >= 0.6 is 58.0 Å². The normalized spacial score (nSPS) is 11.5. The fourth-order valence-corrected chi connectivity index (χ4v) is 5.14. The number of para-hydroxylation sites is 2. The maximum Gasteiger partial charge on any atom is 0.264 e. The standard InChI is InChI=1S/C20H11Cl5N4O2S/c21-10-5-6-11(22)18(7-10)32(30,31)29-20-19(26-15-3-1-2-4-16(15)27-20)28-17-9-13(24)12(23)8-14(17)25/h1-9H,(H,26,28)(H,27,29). The Morgan fingerprint density at radius 1 is 0.688 bits per heavy atom. The molecule has 0 atom stereocenters. The molecule has 0 aliphatic heterocycles. The monoisotopic (exact) mass is 546 g/mol. The number of rotatable bonds is 5. The van der Waals surface area contributed by atoms with Crippen molar-refractivity contribution in [1.82, 2.24) is 9.97 Å². The van der Waals surface area contributed by atoms with Gasteiger partial charge < -0.3 is 5.32 Å². The Balaban J connectivity index is 1.83. The first-order chi connectivity index (χ1) is 15.1. The molecule has 0 aliphatic rings. The molecule has 0 aliphatic carbocycles. The van der Waals surface area contributed by atoms with Crippen LogP contribution in [0, 0.1) is 0 Å². The number of sulfonamides is 1. The van der Waals surface area contributed by atoms with Gasteiger partial charge in [-0.2, -0.15) is 0 Å². The summed E-state index contributed by atoms with van der Waals surface area (Å²) in [4.78, 5) is 8.69. The number of fused-ring (bicyclic) bond motifs is 1. The van der Waals surface area contributed by atoms with Crippen molar-refractivity contribution in [3.05, 3.63) is 79.7 Å². The molecular weight excluding hydrogens is 538 g/mol. The topological polar surface area (TPSA) is 84.0 Å². The van der Waals surface area contributed by atoms with E-state index in [2.05, 4.69) is 20.0 Å². The molecule has 32 heavy (non-hydrogen) atoms. The molecule has 3 aromatic carbocycles. The molecule has 164 valence electrons. The molecule has 0 radical (unpaired) electrons. The maximum absolute atomic E-state index is 13.1. The number of benzene rings is 3. The summed E-state index contributed by atoms with van der Waals surface area (Å²) in [5.41, 5.74) is 1.34. The van der Waals surface area contributed by atoms with Gasteiger partial charge in [0, 0.05) is 5.02 Å². The van der Waals surface area contributed by atoms with Gasteiger partial charge in [0.1, 0.15) is 4.90 Å². The zero-order valence-electron chi connectivity index (χ0n) is 15.7. The fraction of sp³-hybridized carbons (Fsp3) is 0. The van der Waals surface area contributed by atoms with Gasteiger partial charge in [-0.3, -0.25) is 4.72 Å². The van der Waals surface area contributed by atoms with E-state index in [4.69, 9.17) is 58.0 Å². The first kappa shape index (κ1) is 23.2. The minimum atomic E-state index is -4.16. The van der Waals surface area contributed by atoms with E-state index < -0.39 is 10.0 Å². The van der Waals surface area contributed by atoms with Crippen molar-refractivity contribution >= 4 is 96.4 Å². The lowest BCUT2D eigenvalue weighted by atomic mass is 10.3. The quantitative estimate of drug-likeness (QED) is 0.253. The van der Waals surface area contributed by atoms with Crippen LogP contribution in [0.1, 0.15) is 0 Å². The summed E-state index contributed by atoms with van der Waals surface area (Å²) in [5.74, 6) is 0.00703. The lowest BCUT2D eigenvalue weighted by Gasteiger charge is -2.15. The molecule has 0 unspecified atom stereocenters. The second-order valence-corrected chi connectivity index (χ2v) is 10.2. The highest BCUT2D eigenvalue weighted by atomic mass is 35.5. The van der Waals surface area contributed by atoms with Crippen LogP contribution in [-0.4, -0.2) is 18.4 Å². The Hall–Kier alpha value is -2.00. The highest BCUT2D eigenvalue weighted by Crippen LogP contribution is 2.36. The Bertz CT molecular complexity index is 1460. The Morgan fingerprint density at radius 3 is 2.00 bits per heavy atom. The molecule has 0 saturated heterocycles. The predicted octanol–water partition coefficient (Wildman–Crippen LogP) is 7.44. The number of hydrogen-bond donors (Lipinski definition) is 2. The molecular formula is C20H11Cl5N4O2S. The number of nitrogens with one attached hydrogen (secondary N) is 2. The molecule has 2 N–H and O–H groups in total. The Kier molecular flexibility index (Phi) is 6.58. The van der Waals surface area contributed by atoms with Crippen molar-refractivity contribution < 1.29 is 8.42 Å². The molecule has 4 aromatic rings. The van der Waals surface area contributed by atoms with Crippen molar-refractivity contribution in [1.29, 1.82) is 0 Å². The largest absolute Gasteiger partial charge is 0.336 e. The Labute approximate surface area is 208 Å². The third-order valence-corrected chi connectivity index (χ3v) is 7.34. The van der Waals surface area contributed by atoms with Crippen LogP contribution in [0.2, 0.25) is 25.1 Å². The van der Waals surface area contributed by atoms with E-state index in [1.165, 1.54) is 30.3 Å². The van der Waals surface area contributed by atoms with Gasteiger partial charge in [0.05, 0.1) is 36.8 Å². The molecule has 0 bridgehead atoms. The first-order valence-electron chi connectivity index (χ1n) is 8.80. The number of anilines is 3. The molecule has 1 aromatic heterocycles. The molecule has 0 saturated carbocycles. The van der Waals surface area contributed by atoms with Crippen LogP contribution in [0.4, 0.5) is 17.3 Å². The highest BCUT2D eigenvalue weighted by Gasteiger charge is 2.22. The van der Waals surface area contributed by atoms with Crippen molar-refractivity contribution in [2.45, 2.75) is 4.90 Å². The van der Waals surface area contributed by atoms with Crippen molar-refractivity contribution in [3.8, 4) is 0 Å². The van der Waals surface area contributed by atoms with Crippen molar-refractivity contribution in [3.63, 3.8) is 0 Å². The average molecular weight is 549 g/mol. The van der Waals surface area contributed by atoms with Gasteiger partial charge in [0.15, 0.2) is 11.6 Å². The van der Waals surface area contributed by atoms with Crippen LogP contribution in [0.3, 0.4) is 0 Å². The summed E-state index contributed by atoms with van der Waals surface area (Å²) in [6, 6.07) is 14.0. The van der Waals surface area contributed by atoms with E-state index in [0.717, 1.165) is 0 Å². The van der Waals surface area contributed by atoms with E-state index >= 15 is 0 Å². The van der Waals surface area contributed by atoms with Crippen LogP contribution in [-0.2, 0) is 10.0 Å². The van der Waals surface area contributed by atoms with Gasteiger partial charge in [-0.1, -0.05) is 70.1 Å². The molecule has 0 amide bonds. The summed E-state index contributed by atoms with van der Waals surface area (Å²) < 4.78 is 28.6. The summed E-state index contributed by atoms with van der Waals surface area (Å²) in [6.45, 7) is 0. The molecule has 4 rings (SSSR count). The van der Waals surface area contributed by atoms with Crippen LogP contribution in [0.25, 0.3) is 11.0 Å². The number of hydrogen-bond acceptors (Lipinski definition) is 5. The molecule has 12 heteroatoms. The zero-order valence-corrected chi connectivity index (χ0v) is 20.3. The second kappa shape index (κ2) is 9.09. The molecule has 0 spiro atoms. The number of aromatic nitrogens is 2. The fourth-order valence-electron chi connectivity index (χ4n) is 2.77. The minimum absolute atomic E-state index is 0.00214. The van der Waals surface area contributed by atoms with E-state index in [1.54, 1.807) is 24.3 Å². The third kappa shape index (κ3) is 4.83. The van der Waals surface area contributed by atoms with Crippen LogP contribution in [0.5, 0.6) is 0 Å². The molecule has 1 heterocycles. The summed E-state index contributed by atoms with van der Waals surface area (Å²) in [6.07, 6.45) is 0. The molecule has 0 fully saturated rings. The lowest BCUT2D eigenvalue weighted by molar-refractivity contribution is 0.601. The zero-order chi connectivity index (χ0) is 23.0. The van der Waals surface area contributed by atoms with Gasteiger partial charge >= 0.3 is 0 Å².